The fourth-order valence-corrected chi connectivity index (χ4v) is 5.77. The van der Waals surface area contributed by atoms with E-state index in [9.17, 15) is 0 Å². The molecule has 2 nitrogen and oxygen atoms in total. The summed E-state index contributed by atoms with van der Waals surface area (Å²) in [5.74, 6) is 0. The maximum absolute atomic E-state index is 5.46. The van der Waals surface area contributed by atoms with E-state index in [1.165, 1.54) is 0 Å². The second-order valence-corrected chi connectivity index (χ2v) is 10.4. The average Bonchev–Trinajstić information content (AvgIpc) is 3.10. The SMILES string of the molecule is c1ccc(N=c2c(-c3ccccc3)c(-c3ccccc3)c(-c3ccccc3)c(-c3ccccc3)n2-c2ccccc2)cc1. The topological polar surface area (TPSA) is 17.3 Å². The van der Waals surface area contributed by atoms with E-state index in [0.717, 1.165) is 61.5 Å². The Morgan fingerprint density at radius 2 is 0.698 bits per heavy atom. The minimum Gasteiger partial charge on any atom is -0.293 e. The molecule has 7 aromatic rings. The maximum Gasteiger partial charge on any atom is 0.146 e. The van der Waals surface area contributed by atoms with Crippen molar-refractivity contribution >= 4 is 5.69 Å². The van der Waals surface area contributed by atoms with Crippen molar-refractivity contribution in [3.8, 4) is 50.3 Å². The summed E-state index contributed by atoms with van der Waals surface area (Å²) in [5.41, 5.74) is 11.8. The molecule has 0 amide bonds. The number of aromatic nitrogens is 1. The van der Waals surface area contributed by atoms with E-state index >= 15 is 0 Å². The number of benzene rings is 6. The first-order valence-corrected chi connectivity index (χ1v) is 14.6. The summed E-state index contributed by atoms with van der Waals surface area (Å²) in [6.45, 7) is 0. The molecule has 0 fully saturated rings. The first kappa shape index (κ1) is 26.2. The predicted molar refractivity (Wildman–Crippen MR) is 179 cm³/mol. The lowest BCUT2D eigenvalue weighted by atomic mass is 9.85. The summed E-state index contributed by atoms with van der Waals surface area (Å²) in [4.78, 5) is 5.46. The highest BCUT2D eigenvalue weighted by molar-refractivity contribution is 6.00. The monoisotopic (exact) mass is 550 g/mol. The lowest BCUT2D eigenvalue weighted by Crippen LogP contribution is -2.25. The molecule has 0 saturated carbocycles. The van der Waals surface area contributed by atoms with Gasteiger partial charge in [-0.1, -0.05) is 158 Å². The Balaban J connectivity index is 1.82. The van der Waals surface area contributed by atoms with Gasteiger partial charge in [0.25, 0.3) is 0 Å². The van der Waals surface area contributed by atoms with Gasteiger partial charge in [0.1, 0.15) is 5.49 Å². The van der Waals surface area contributed by atoms with Crippen molar-refractivity contribution in [2.45, 2.75) is 0 Å². The molecular weight excluding hydrogens is 520 g/mol. The van der Waals surface area contributed by atoms with Gasteiger partial charge in [-0.15, -0.1) is 0 Å². The summed E-state index contributed by atoms with van der Waals surface area (Å²) in [5, 5.41) is 0. The molecule has 0 saturated heterocycles. The number of hydrogen-bond acceptors (Lipinski definition) is 1. The highest BCUT2D eigenvalue weighted by atomic mass is 15.0. The molecule has 204 valence electrons. The third-order valence-corrected chi connectivity index (χ3v) is 7.64. The van der Waals surface area contributed by atoms with Crippen LogP contribution in [0.1, 0.15) is 0 Å². The Labute approximate surface area is 252 Å². The fraction of sp³-hybridized carbons (Fsp3) is 0. The number of rotatable bonds is 6. The molecule has 0 spiro atoms. The summed E-state index contributed by atoms with van der Waals surface area (Å²) in [6.07, 6.45) is 0. The van der Waals surface area contributed by atoms with E-state index in [1.807, 2.05) is 18.2 Å². The summed E-state index contributed by atoms with van der Waals surface area (Å²) in [7, 11) is 0. The first-order valence-electron chi connectivity index (χ1n) is 14.6. The molecule has 0 radical (unpaired) electrons. The minimum atomic E-state index is 0.876. The Hall–Kier alpha value is -5.73. The number of pyridine rings is 1. The van der Waals surface area contributed by atoms with Crippen LogP contribution in [0.25, 0.3) is 50.3 Å². The van der Waals surface area contributed by atoms with E-state index in [1.54, 1.807) is 0 Å². The standard InChI is InChI=1S/C41H30N2/c1-7-19-31(20-8-1)37-38(32-21-9-2-10-22-32)40(34-25-13-4-14-26-34)43(36-29-17-6-18-30-36)41(42-35-27-15-5-16-28-35)39(37)33-23-11-3-12-24-33/h1-30H. The number of para-hydroxylation sites is 2. The Morgan fingerprint density at radius 1 is 0.326 bits per heavy atom. The molecule has 6 aromatic carbocycles. The van der Waals surface area contributed by atoms with Crippen LogP contribution >= 0.6 is 0 Å². The van der Waals surface area contributed by atoms with E-state index in [-0.39, 0.29) is 0 Å². The van der Waals surface area contributed by atoms with Crippen LogP contribution in [0.5, 0.6) is 0 Å². The molecule has 0 aliphatic rings. The summed E-state index contributed by atoms with van der Waals surface area (Å²) in [6, 6.07) is 63.7. The highest BCUT2D eigenvalue weighted by Crippen LogP contribution is 2.44. The van der Waals surface area contributed by atoms with Gasteiger partial charge in [0, 0.05) is 22.4 Å². The maximum atomic E-state index is 5.46. The Bertz CT molecular complexity index is 1910. The normalized spacial score (nSPS) is 11.4. The largest absolute Gasteiger partial charge is 0.293 e. The lowest BCUT2D eigenvalue weighted by molar-refractivity contribution is 0.966. The molecule has 1 aromatic heterocycles. The predicted octanol–water partition coefficient (Wildman–Crippen LogP) is 10.4. The molecule has 0 unspecified atom stereocenters. The lowest BCUT2D eigenvalue weighted by Gasteiger charge is -2.26. The fourth-order valence-electron chi connectivity index (χ4n) is 5.77. The third kappa shape index (κ3) is 5.23. The number of nitrogens with zero attached hydrogens (tertiary/aromatic N) is 2. The Kier molecular flexibility index (Phi) is 7.32. The zero-order chi connectivity index (χ0) is 28.8. The van der Waals surface area contributed by atoms with E-state index in [4.69, 9.17) is 4.99 Å². The second kappa shape index (κ2) is 12.0. The van der Waals surface area contributed by atoms with Gasteiger partial charge in [-0.3, -0.25) is 4.57 Å². The van der Waals surface area contributed by atoms with E-state index < -0.39 is 0 Å². The van der Waals surface area contributed by atoms with Crippen LogP contribution in [0.15, 0.2) is 187 Å². The van der Waals surface area contributed by atoms with Crippen molar-refractivity contribution in [1.82, 2.24) is 4.57 Å². The Morgan fingerprint density at radius 3 is 1.19 bits per heavy atom. The van der Waals surface area contributed by atoms with Crippen LogP contribution in [0.3, 0.4) is 0 Å². The van der Waals surface area contributed by atoms with Crippen molar-refractivity contribution in [3.05, 3.63) is 187 Å². The molecule has 43 heavy (non-hydrogen) atoms. The average molecular weight is 551 g/mol. The quantitative estimate of drug-likeness (QED) is 0.196. The molecular formula is C41H30N2. The molecule has 0 aliphatic heterocycles. The third-order valence-electron chi connectivity index (χ3n) is 7.64. The van der Waals surface area contributed by atoms with Gasteiger partial charge in [-0.2, -0.15) is 0 Å². The molecule has 0 atom stereocenters. The van der Waals surface area contributed by atoms with Gasteiger partial charge in [0.2, 0.25) is 0 Å². The van der Waals surface area contributed by atoms with Crippen LogP contribution in [-0.2, 0) is 0 Å². The van der Waals surface area contributed by atoms with Crippen molar-refractivity contribution in [2.24, 2.45) is 4.99 Å². The molecule has 7 rings (SSSR count). The van der Waals surface area contributed by atoms with Crippen molar-refractivity contribution in [2.75, 3.05) is 0 Å². The van der Waals surface area contributed by atoms with Gasteiger partial charge in [0.15, 0.2) is 0 Å². The molecule has 2 heteroatoms. The smallest absolute Gasteiger partial charge is 0.146 e. The summed E-state index contributed by atoms with van der Waals surface area (Å²) >= 11 is 0. The minimum absolute atomic E-state index is 0.876. The van der Waals surface area contributed by atoms with Crippen LogP contribution in [0.2, 0.25) is 0 Å². The van der Waals surface area contributed by atoms with Crippen molar-refractivity contribution in [1.29, 1.82) is 0 Å². The van der Waals surface area contributed by atoms with E-state index in [0.29, 0.717) is 0 Å². The number of hydrogen-bond donors (Lipinski definition) is 0. The van der Waals surface area contributed by atoms with Crippen molar-refractivity contribution in [3.63, 3.8) is 0 Å². The molecule has 1 heterocycles. The van der Waals surface area contributed by atoms with Crippen LogP contribution in [-0.4, -0.2) is 4.57 Å². The van der Waals surface area contributed by atoms with Crippen LogP contribution in [0, 0.1) is 0 Å². The van der Waals surface area contributed by atoms with Crippen LogP contribution < -0.4 is 5.49 Å². The highest BCUT2D eigenvalue weighted by Gasteiger charge is 2.25. The van der Waals surface area contributed by atoms with Gasteiger partial charge in [-0.05, 0) is 46.5 Å². The van der Waals surface area contributed by atoms with Gasteiger partial charge in [-0.25, -0.2) is 4.99 Å². The zero-order valence-corrected chi connectivity index (χ0v) is 23.7. The molecule has 0 bridgehead atoms. The van der Waals surface area contributed by atoms with Crippen LogP contribution in [0.4, 0.5) is 5.69 Å². The second-order valence-electron chi connectivity index (χ2n) is 10.4. The van der Waals surface area contributed by atoms with E-state index in [2.05, 4.69) is 168 Å². The molecule has 0 aliphatic carbocycles. The van der Waals surface area contributed by atoms with Crippen molar-refractivity contribution < 1.29 is 0 Å². The molecule has 0 N–H and O–H groups in total. The van der Waals surface area contributed by atoms with Gasteiger partial charge in [0.05, 0.1) is 11.4 Å². The zero-order valence-electron chi connectivity index (χ0n) is 23.7. The van der Waals surface area contributed by atoms with Gasteiger partial charge >= 0.3 is 0 Å². The first-order chi connectivity index (χ1) is 21.4. The van der Waals surface area contributed by atoms with Gasteiger partial charge < -0.3 is 0 Å². The summed E-state index contributed by atoms with van der Waals surface area (Å²) < 4.78 is 2.35.